The number of benzene rings is 2. The number of Topliss-reactive ketones (excluding diaryl/α,β-unsaturated/α-hetero) is 1. The van der Waals surface area contributed by atoms with Gasteiger partial charge in [-0.25, -0.2) is 19.4 Å². The van der Waals surface area contributed by atoms with Crippen molar-refractivity contribution in [1.82, 2.24) is 50.1 Å². The summed E-state index contributed by atoms with van der Waals surface area (Å²) in [6, 6.07) is 11.6. The monoisotopic (exact) mass is 1060 g/mol. The van der Waals surface area contributed by atoms with E-state index in [0.29, 0.717) is 52.9 Å². The fraction of sp³-hybridized carbons (Fsp3) is 0.519. The molecule has 2 saturated carbocycles. The van der Waals surface area contributed by atoms with E-state index in [2.05, 4.69) is 83.7 Å². The van der Waals surface area contributed by atoms with Crippen LogP contribution in [0.5, 0.6) is 11.8 Å². The summed E-state index contributed by atoms with van der Waals surface area (Å²) in [5.74, 6) is 0.981. The number of piperidine rings is 2. The van der Waals surface area contributed by atoms with Crippen molar-refractivity contribution in [2.45, 2.75) is 137 Å². The van der Waals surface area contributed by atoms with Gasteiger partial charge in [0.25, 0.3) is 0 Å². The Bertz CT molecular complexity index is 2940. The van der Waals surface area contributed by atoms with Gasteiger partial charge in [0.05, 0.1) is 42.4 Å². The summed E-state index contributed by atoms with van der Waals surface area (Å²) in [4.78, 5) is 44.5. The van der Waals surface area contributed by atoms with Gasteiger partial charge in [0, 0.05) is 51.3 Å². The number of ketones is 1. The summed E-state index contributed by atoms with van der Waals surface area (Å²) < 4.78 is 27.3. The van der Waals surface area contributed by atoms with Crippen LogP contribution in [0.1, 0.15) is 109 Å². The molecular formula is C54H69BrN10O6Si. The average Bonchev–Trinajstić information content (AvgIpc) is 4.22. The van der Waals surface area contributed by atoms with Crippen molar-refractivity contribution in [2.24, 2.45) is 10.8 Å². The first-order valence-electron chi connectivity index (χ1n) is 24.8. The zero-order chi connectivity index (χ0) is 50.1. The molecule has 3 saturated heterocycles. The molecule has 2 aliphatic carbocycles. The lowest BCUT2D eigenvalue weighted by Crippen LogP contribution is -2.51. The molecule has 0 bridgehead atoms. The molecule has 0 radical (unpaired) electrons. The maximum atomic E-state index is 12.8. The van der Waals surface area contributed by atoms with Crippen LogP contribution >= 0.6 is 15.9 Å². The highest BCUT2D eigenvalue weighted by molar-refractivity contribution is 9.10. The number of H-pyrrole nitrogens is 1. The molecule has 16 nitrogen and oxygen atoms in total. The first kappa shape index (κ1) is 52.6. The Kier molecular flexibility index (Phi) is 15.6. The van der Waals surface area contributed by atoms with Crippen molar-refractivity contribution in [1.29, 1.82) is 0 Å². The maximum absolute atomic E-state index is 12.8. The zero-order valence-electron chi connectivity index (χ0n) is 41.9. The lowest BCUT2D eigenvalue weighted by Gasteiger charge is -2.39. The Morgan fingerprint density at radius 2 is 1.54 bits per heavy atom. The third kappa shape index (κ3) is 12.2. The molecule has 7 heterocycles. The summed E-state index contributed by atoms with van der Waals surface area (Å²) in [6.07, 6.45) is 21.2. The maximum Gasteiger partial charge on any atom is 0.410 e. The first-order chi connectivity index (χ1) is 33.9. The Balaban J connectivity index is 0.000000178. The van der Waals surface area contributed by atoms with Crippen LogP contribution in [-0.2, 0) is 9.47 Å². The lowest BCUT2D eigenvalue weighted by atomic mass is 9.90. The van der Waals surface area contributed by atoms with E-state index < -0.39 is 13.7 Å². The van der Waals surface area contributed by atoms with Crippen molar-refractivity contribution in [3.8, 4) is 46.5 Å². The standard InChI is InChI=1S/C28H34BrN5O4.C20H21N5O2.C5H10Si.CH4/c1-27(2,3)38-26(35)33-12-11-28(9-10-28)22(17-33)37-23-16-30-15-20(31-23)25-19-14-18(29)7-8-21(19)34(32-25)24-6-4-5-13-36-24;1-12(26)13-2-3-15-14(8-13)19(25-24-15)16-9-22-11-18(23-16)27-17-10-21-7-6-20(17)4-5-20;1-5-6(2,3)4;/h7-8,14-16,22,24H,4-6,9-13,17H2,1-3H3;2-3,8-9,11,17,21H,4-7,10H2,1H3,(H,24,25);1H,2-4H3;1H4/t22-,24?;17-;;/m00../s1. The third-order valence-corrected chi connectivity index (χ3v) is 15.3. The Morgan fingerprint density at radius 3 is 2.17 bits per heavy atom. The highest BCUT2D eigenvalue weighted by Crippen LogP contribution is 2.55. The number of terminal acetylenes is 1. The molecule has 1 amide bonds. The largest absolute Gasteiger partial charge is 0.471 e. The highest BCUT2D eigenvalue weighted by atomic mass is 79.9. The number of halogens is 1. The van der Waals surface area contributed by atoms with Crippen molar-refractivity contribution in [2.75, 3.05) is 32.8 Å². The van der Waals surface area contributed by atoms with Gasteiger partial charge in [0.15, 0.2) is 12.0 Å². The number of aromatic nitrogens is 8. The minimum atomic E-state index is -1.10. The number of aromatic amines is 1. The quantitative estimate of drug-likeness (QED) is 0.0834. The van der Waals surface area contributed by atoms with Crippen LogP contribution < -0.4 is 14.8 Å². The number of carbonyl (C=O) groups is 2. The number of amides is 1. The number of fused-ring (bicyclic) bond motifs is 2. The number of hydrogen-bond acceptors (Lipinski definition) is 13. The van der Waals surface area contributed by atoms with Crippen LogP contribution in [0.25, 0.3) is 44.6 Å². The molecule has 18 heteroatoms. The second-order valence-corrected chi connectivity index (χ2v) is 27.3. The number of ether oxygens (including phenoxy) is 4. The molecule has 2 aromatic carbocycles. The van der Waals surface area contributed by atoms with E-state index >= 15 is 0 Å². The number of hydrogen-bond donors (Lipinski definition) is 2. The van der Waals surface area contributed by atoms with Gasteiger partial charge < -0.3 is 29.2 Å². The summed E-state index contributed by atoms with van der Waals surface area (Å²) in [5.41, 5.74) is 7.82. The highest BCUT2D eigenvalue weighted by Gasteiger charge is 2.55. The molecule has 2 N–H and O–H groups in total. The van der Waals surface area contributed by atoms with Gasteiger partial charge in [-0.2, -0.15) is 10.2 Å². The molecule has 3 aliphatic heterocycles. The van der Waals surface area contributed by atoms with Gasteiger partial charge in [-0.1, -0.05) is 43.0 Å². The summed E-state index contributed by atoms with van der Waals surface area (Å²) in [6.45, 7) is 17.5. The van der Waals surface area contributed by atoms with Crippen molar-refractivity contribution in [3.05, 3.63) is 71.2 Å². The predicted octanol–water partition coefficient (Wildman–Crippen LogP) is 11.0. The summed E-state index contributed by atoms with van der Waals surface area (Å²) >= 11 is 3.61. The Morgan fingerprint density at radius 1 is 0.875 bits per heavy atom. The lowest BCUT2D eigenvalue weighted by molar-refractivity contribution is -0.0365. The molecular weight excluding hydrogens is 993 g/mol. The fourth-order valence-electron chi connectivity index (χ4n) is 9.43. The molecule has 72 heavy (non-hydrogen) atoms. The van der Waals surface area contributed by atoms with Crippen molar-refractivity contribution >= 4 is 57.7 Å². The summed E-state index contributed by atoms with van der Waals surface area (Å²) in [5, 5.41) is 17.6. The second-order valence-electron chi connectivity index (χ2n) is 21.6. The van der Waals surface area contributed by atoms with E-state index in [-0.39, 0.29) is 43.2 Å². The second kappa shape index (κ2) is 21.4. The predicted molar refractivity (Wildman–Crippen MR) is 285 cm³/mol. The van der Waals surface area contributed by atoms with Gasteiger partial charge in [0.1, 0.15) is 48.7 Å². The first-order valence-corrected chi connectivity index (χ1v) is 29.1. The number of carbonyl (C=O) groups excluding carboxylic acids is 2. The molecule has 11 rings (SSSR count). The zero-order valence-corrected chi connectivity index (χ0v) is 44.5. The van der Waals surface area contributed by atoms with Crippen molar-refractivity contribution < 1.29 is 28.5 Å². The van der Waals surface area contributed by atoms with E-state index in [9.17, 15) is 9.59 Å². The SMILES string of the molecule is C.C#C[Si](C)(C)C.CC(=O)c1ccc2[nH]nc(-c3cncc(O[C@H]4CNCCC45CC5)n3)c2c1.CC(C)(C)OC(=O)N1CCC2(CC2)[C@@H](Oc2cncc(-c3nn(C4CCCCO4)c4ccc(Br)cc34)n2)C1. The third-order valence-electron chi connectivity index (χ3n) is 13.9. The number of nitrogens with one attached hydrogen (secondary N) is 2. The van der Waals surface area contributed by atoms with E-state index in [1.807, 2.05) is 43.7 Å². The number of nitrogens with zero attached hydrogens (tertiary/aromatic N) is 8. The molecule has 5 aliphatic rings. The van der Waals surface area contributed by atoms with Crippen LogP contribution in [0.15, 0.2) is 65.7 Å². The van der Waals surface area contributed by atoms with Crippen LogP contribution in [0.3, 0.4) is 0 Å². The molecule has 2 spiro atoms. The van der Waals surface area contributed by atoms with Crippen LogP contribution in [-0.4, -0.2) is 115 Å². The minimum absolute atomic E-state index is 0. The fourth-order valence-corrected chi connectivity index (χ4v) is 9.80. The average molecular weight is 1060 g/mol. The van der Waals surface area contributed by atoms with Gasteiger partial charge in [-0.05, 0) is 128 Å². The number of rotatable bonds is 8. The summed E-state index contributed by atoms with van der Waals surface area (Å²) in [7, 11) is -1.10. The van der Waals surface area contributed by atoms with E-state index in [0.717, 1.165) is 96.6 Å². The van der Waals surface area contributed by atoms with Gasteiger partial charge in [-0.15, -0.1) is 12.0 Å². The van der Waals surface area contributed by atoms with E-state index in [4.69, 9.17) is 35.5 Å². The Labute approximate surface area is 432 Å². The van der Waals surface area contributed by atoms with Gasteiger partial charge >= 0.3 is 6.09 Å². The van der Waals surface area contributed by atoms with Gasteiger partial charge in [-0.3, -0.25) is 19.9 Å². The van der Waals surface area contributed by atoms with Crippen LogP contribution in [0.4, 0.5) is 4.79 Å². The molecule has 1 unspecified atom stereocenters. The topological polar surface area (TPSA) is 184 Å². The van der Waals surface area contributed by atoms with Crippen LogP contribution in [0.2, 0.25) is 19.6 Å². The molecule has 4 aromatic heterocycles. The normalized spacial score (nSPS) is 20.8. The van der Waals surface area contributed by atoms with Gasteiger partial charge in [0.2, 0.25) is 11.8 Å². The van der Waals surface area contributed by atoms with E-state index in [1.165, 1.54) is 12.8 Å². The van der Waals surface area contributed by atoms with Crippen LogP contribution in [0, 0.1) is 22.8 Å². The van der Waals surface area contributed by atoms with Crippen molar-refractivity contribution in [3.63, 3.8) is 0 Å². The Hall–Kier alpha value is -5.74. The molecule has 5 fully saturated rings. The molecule has 3 atom stereocenters. The number of likely N-dealkylation sites (tertiary alicyclic amines) is 1. The smallest absolute Gasteiger partial charge is 0.410 e. The van der Waals surface area contributed by atoms with E-state index in [1.54, 1.807) is 42.7 Å². The molecule has 382 valence electrons. The molecule has 6 aromatic rings. The minimum Gasteiger partial charge on any atom is -0.471 e.